The number of rotatable bonds is 5. The van der Waals surface area contributed by atoms with Crippen LogP contribution >= 0.6 is 0 Å². The number of benzene rings is 3. The van der Waals surface area contributed by atoms with Crippen molar-refractivity contribution in [3.05, 3.63) is 78.4 Å². The fourth-order valence-electron chi connectivity index (χ4n) is 2.12. The standard InChI is InChI=1S/2C8H4N2O2.C8H7NO/c9-5-12-8-3-1-2-7(4-8)10-6-11;9-5-12-8-4-2-1-3-7(8)10-6-11;1-7-2-4-8(5-3-7)10-6-9/h2*1-4H;2-5H,1H3. The first-order valence-electron chi connectivity index (χ1n) is 9.17. The normalized spacial score (nSPS) is 8.06. The van der Waals surface area contributed by atoms with Gasteiger partial charge in [-0.15, -0.1) is 15.8 Å². The Morgan fingerprint density at radius 1 is 0.676 bits per heavy atom. The maximum absolute atomic E-state index is 9.90. The minimum Gasteiger partial charge on any atom is -0.388 e. The molecule has 3 aromatic rings. The highest BCUT2D eigenvalue weighted by Gasteiger charge is 1.99. The van der Waals surface area contributed by atoms with E-state index in [0.717, 1.165) is 5.56 Å². The number of hydrogen-bond donors (Lipinski definition) is 0. The van der Waals surface area contributed by atoms with E-state index >= 15 is 0 Å². The minimum absolute atomic E-state index is 0.253. The number of ether oxygens (including phenoxy) is 3. The molecule has 0 bridgehead atoms. The average molecular weight is 453 g/mol. The molecule has 0 spiro atoms. The van der Waals surface area contributed by atoms with Crippen LogP contribution in [0, 0.1) is 41.5 Å². The predicted octanol–water partition coefficient (Wildman–Crippen LogP) is 4.88. The van der Waals surface area contributed by atoms with Crippen molar-refractivity contribution in [2.45, 2.75) is 6.92 Å². The molecular weight excluding hydrogens is 438 g/mol. The molecule has 0 aliphatic carbocycles. The second-order valence-corrected chi connectivity index (χ2v) is 5.76. The van der Waals surface area contributed by atoms with E-state index in [1.807, 2.05) is 19.1 Å². The molecule has 3 rings (SSSR count). The summed E-state index contributed by atoms with van der Waals surface area (Å²) in [5.41, 5.74) is 1.87. The number of isocyanates is 2. The van der Waals surface area contributed by atoms with Crippen LogP contribution < -0.4 is 14.2 Å². The summed E-state index contributed by atoms with van der Waals surface area (Å²) >= 11 is 0. The molecule has 0 aliphatic heterocycles. The molecule has 0 unspecified atom stereocenters. The van der Waals surface area contributed by atoms with Crippen LogP contribution in [0.5, 0.6) is 17.2 Å². The fraction of sp³-hybridized carbons (Fsp3) is 0.0417. The number of nitrogens with zero attached hydrogens (tertiary/aromatic N) is 5. The third kappa shape index (κ3) is 10.4. The smallest absolute Gasteiger partial charge is 0.292 e. The Labute approximate surface area is 194 Å². The summed E-state index contributed by atoms with van der Waals surface area (Å²) in [4.78, 5) is 26.4. The summed E-state index contributed by atoms with van der Waals surface area (Å²) in [5.74, 6) is 1.20. The number of hydrogen-bond acceptors (Lipinski definition) is 10. The molecule has 0 saturated heterocycles. The van der Waals surface area contributed by atoms with Gasteiger partial charge in [0.05, 0.1) is 5.69 Å². The van der Waals surface area contributed by atoms with Crippen LogP contribution in [-0.2, 0) is 9.59 Å². The van der Waals surface area contributed by atoms with E-state index in [0.29, 0.717) is 22.9 Å². The van der Waals surface area contributed by atoms with Crippen LogP contribution in [-0.4, -0.2) is 12.2 Å². The van der Waals surface area contributed by atoms with E-state index in [4.69, 9.17) is 15.8 Å². The van der Waals surface area contributed by atoms with E-state index in [2.05, 4.69) is 24.2 Å². The second-order valence-electron chi connectivity index (χ2n) is 5.76. The predicted molar refractivity (Wildman–Crippen MR) is 118 cm³/mol. The van der Waals surface area contributed by atoms with Gasteiger partial charge in [-0.3, -0.25) is 0 Å². The lowest BCUT2D eigenvalue weighted by Gasteiger charge is -1.96. The summed E-state index contributed by atoms with van der Waals surface area (Å²) in [7, 11) is 0. The molecule has 0 radical (unpaired) electrons. The van der Waals surface area contributed by atoms with Gasteiger partial charge in [0.1, 0.15) is 17.2 Å². The molecule has 0 N–H and O–H groups in total. The van der Waals surface area contributed by atoms with Gasteiger partial charge in [0.2, 0.25) is 12.2 Å². The zero-order valence-corrected chi connectivity index (χ0v) is 17.7. The van der Waals surface area contributed by atoms with E-state index in [1.165, 1.54) is 30.7 Å². The van der Waals surface area contributed by atoms with Gasteiger partial charge in [0, 0.05) is 6.07 Å². The summed E-state index contributed by atoms with van der Waals surface area (Å²) < 4.78 is 13.6. The lowest BCUT2D eigenvalue weighted by molar-refractivity contribution is 0.507. The lowest BCUT2D eigenvalue weighted by atomic mass is 10.2. The van der Waals surface area contributed by atoms with Crippen molar-refractivity contribution in [1.29, 1.82) is 15.8 Å². The maximum Gasteiger partial charge on any atom is 0.292 e. The first-order chi connectivity index (χ1) is 16.6. The van der Waals surface area contributed by atoms with Gasteiger partial charge in [-0.1, -0.05) is 35.9 Å². The second kappa shape index (κ2) is 16.0. The number of aliphatic imine (C=N–C) groups is 2. The van der Waals surface area contributed by atoms with Gasteiger partial charge in [0.25, 0.3) is 18.8 Å². The van der Waals surface area contributed by atoms with E-state index in [9.17, 15) is 9.59 Å². The average Bonchev–Trinajstić information content (AvgIpc) is 2.84. The van der Waals surface area contributed by atoms with Crippen molar-refractivity contribution < 1.29 is 23.8 Å². The highest BCUT2D eigenvalue weighted by Crippen LogP contribution is 2.25. The fourth-order valence-corrected chi connectivity index (χ4v) is 2.12. The van der Waals surface area contributed by atoms with Crippen LogP contribution in [0.3, 0.4) is 0 Å². The number of carbonyl (C=O) groups excluding carboxylic acids is 2. The van der Waals surface area contributed by atoms with Gasteiger partial charge >= 0.3 is 0 Å². The Morgan fingerprint density at radius 2 is 1.29 bits per heavy atom. The van der Waals surface area contributed by atoms with Crippen molar-refractivity contribution in [1.82, 2.24) is 0 Å². The van der Waals surface area contributed by atoms with Gasteiger partial charge < -0.3 is 14.2 Å². The first-order valence-corrected chi connectivity index (χ1v) is 9.17. The summed E-state index contributed by atoms with van der Waals surface area (Å²) in [6, 6.07) is 20.1. The molecule has 0 aromatic heterocycles. The molecule has 0 saturated carbocycles. The largest absolute Gasteiger partial charge is 0.388 e. The van der Waals surface area contributed by atoms with Crippen LogP contribution in [0.25, 0.3) is 0 Å². The van der Waals surface area contributed by atoms with E-state index in [1.54, 1.807) is 60.9 Å². The molecule has 10 nitrogen and oxygen atoms in total. The Morgan fingerprint density at radius 3 is 1.91 bits per heavy atom. The topological polar surface area (TPSA) is 158 Å². The zero-order chi connectivity index (χ0) is 25.0. The first kappa shape index (κ1) is 26.3. The van der Waals surface area contributed by atoms with Gasteiger partial charge in [0.15, 0.2) is 5.75 Å². The van der Waals surface area contributed by atoms with Crippen molar-refractivity contribution >= 4 is 23.5 Å². The number of para-hydroxylation sites is 2. The summed E-state index contributed by atoms with van der Waals surface area (Å²) in [6.07, 6.45) is 7.37. The SMILES string of the molecule is Cc1ccc(OC#N)cc1.N#COc1cccc(N=C=O)c1.N#COc1ccccc1N=C=O. The third-order valence-electron chi connectivity index (χ3n) is 3.53. The quantitative estimate of drug-likeness (QED) is 0.300. The lowest BCUT2D eigenvalue weighted by Crippen LogP contribution is -1.81. The number of nitriles is 3. The molecule has 0 fully saturated rings. The highest BCUT2D eigenvalue weighted by molar-refractivity contribution is 5.57. The van der Waals surface area contributed by atoms with Crippen LogP contribution in [0.1, 0.15) is 5.56 Å². The third-order valence-corrected chi connectivity index (χ3v) is 3.53. The Balaban J connectivity index is 0.000000256. The van der Waals surface area contributed by atoms with Gasteiger partial charge in [-0.25, -0.2) is 9.59 Å². The minimum atomic E-state index is 0.253. The van der Waals surface area contributed by atoms with Crippen molar-refractivity contribution in [2.75, 3.05) is 0 Å². The van der Waals surface area contributed by atoms with E-state index < -0.39 is 0 Å². The number of aryl methyl sites for hydroxylation is 1. The molecule has 10 heteroatoms. The Hall–Kier alpha value is -5.71. The molecule has 0 atom stereocenters. The molecule has 3 aromatic carbocycles. The van der Waals surface area contributed by atoms with Crippen LogP contribution in [0.4, 0.5) is 11.4 Å². The van der Waals surface area contributed by atoms with Crippen LogP contribution in [0.15, 0.2) is 82.8 Å². The van der Waals surface area contributed by atoms with E-state index in [-0.39, 0.29) is 5.75 Å². The van der Waals surface area contributed by atoms with Crippen molar-refractivity contribution in [2.24, 2.45) is 9.98 Å². The van der Waals surface area contributed by atoms with Crippen molar-refractivity contribution in [3.8, 4) is 36.0 Å². The van der Waals surface area contributed by atoms with Crippen molar-refractivity contribution in [3.63, 3.8) is 0 Å². The van der Waals surface area contributed by atoms with Gasteiger partial charge in [-0.2, -0.15) is 9.98 Å². The molecule has 0 heterocycles. The maximum atomic E-state index is 9.90. The highest BCUT2D eigenvalue weighted by atomic mass is 16.5. The Kier molecular flexibility index (Phi) is 12.4. The molecule has 34 heavy (non-hydrogen) atoms. The zero-order valence-electron chi connectivity index (χ0n) is 17.7. The van der Waals surface area contributed by atoms with Crippen LogP contribution in [0.2, 0.25) is 0 Å². The molecule has 0 amide bonds. The van der Waals surface area contributed by atoms with Gasteiger partial charge in [-0.05, 0) is 43.3 Å². The molecule has 0 aliphatic rings. The molecule has 166 valence electrons. The molecular formula is C24H15N5O5. The summed E-state index contributed by atoms with van der Waals surface area (Å²) in [5, 5.41) is 24.5. The summed E-state index contributed by atoms with van der Waals surface area (Å²) in [6.45, 7) is 1.98. The Bertz CT molecular complexity index is 1290. The monoisotopic (exact) mass is 453 g/mol.